The monoisotopic (exact) mass is 394 g/mol. The number of hydrogen-bond acceptors (Lipinski definition) is 9. The average Bonchev–Trinajstić information content (AvgIpc) is 2.67. The summed E-state index contributed by atoms with van der Waals surface area (Å²) in [7, 11) is 0. The second-order valence-electron chi connectivity index (χ2n) is 6.26. The van der Waals surface area contributed by atoms with E-state index >= 15 is 0 Å². The molecule has 0 atom stereocenters. The van der Waals surface area contributed by atoms with Crippen LogP contribution in [0.15, 0.2) is 42.5 Å². The molecule has 10 nitrogen and oxygen atoms in total. The summed E-state index contributed by atoms with van der Waals surface area (Å²) >= 11 is 0. The van der Waals surface area contributed by atoms with Crippen LogP contribution in [0.1, 0.15) is 27.3 Å². The number of nitro benzene ring substituents is 1. The van der Waals surface area contributed by atoms with E-state index in [4.69, 9.17) is 10.5 Å². The Labute approximate surface area is 165 Å². The standard InChI is InChI=1S/C19H18N6O4/c1-11-3-6-14(7-4-11)21-19-23-16(22-18(20)24-19)10-29-17(26)13-5-8-15(25(27)28)12(2)9-13/h3-9H,10H2,1-2H3,(H3,20,21,22,23,24). The van der Waals surface area contributed by atoms with E-state index in [9.17, 15) is 14.9 Å². The molecule has 0 bridgehead atoms. The number of nitrogens with one attached hydrogen (secondary N) is 1. The highest BCUT2D eigenvalue weighted by Gasteiger charge is 2.15. The zero-order chi connectivity index (χ0) is 21.0. The molecule has 2 aromatic carbocycles. The van der Waals surface area contributed by atoms with Gasteiger partial charge in [-0.1, -0.05) is 17.7 Å². The molecule has 3 aromatic rings. The Morgan fingerprint density at radius 1 is 1.14 bits per heavy atom. The van der Waals surface area contributed by atoms with Gasteiger partial charge in [-0.15, -0.1) is 0 Å². The molecular formula is C19H18N6O4. The van der Waals surface area contributed by atoms with Crippen molar-refractivity contribution in [3.63, 3.8) is 0 Å². The zero-order valence-electron chi connectivity index (χ0n) is 15.7. The maximum atomic E-state index is 12.2. The summed E-state index contributed by atoms with van der Waals surface area (Å²) in [4.78, 5) is 34.8. The normalized spacial score (nSPS) is 10.4. The fourth-order valence-electron chi connectivity index (χ4n) is 2.53. The van der Waals surface area contributed by atoms with Crippen molar-refractivity contribution in [3.8, 4) is 0 Å². The van der Waals surface area contributed by atoms with Gasteiger partial charge in [0.15, 0.2) is 12.4 Å². The summed E-state index contributed by atoms with van der Waals surface area (Å²) in [5, 5.41) is 13.9. The Balaban J connectivity index is 1.69. The Bertz CT molecular complexity index is 1070. The number of rotatable bonds is 6. The molecule has 148 valence electrons. The largest absolute Gasteiger partial charge is 0.454 e. The number of nitrogens with two attached hydrogens (primary N) is 1. The number of ether oxygens (including phenoxy) is 1. The Morgan fingerprint density at radius 2 is 1.86 bits per heavy atom. The van der Waals surface area contributed by atoms with Crippen LogP contribution in [-0.4, -0.2) is 25.8 Å². The van der Waals surface area contributed by atoms with Crippen LogP contribution in [-0.2, 0) is 11.3 Å². The summed E-state index contributed by atoms with van der Waals surface area (Å²) < 4.78 is 5.20. The van der Waals surface area contributed by atoms with Gasteiger partial charge in [-0.2, -0.15) is 15.0 Å². The van der Waals surface area contributed by atoms with Crippen LogP contribution >= 0.6 is 0 Å². The molecule has 0 fully saturated rings. The number of nitrogen functional groups attached to an aromatic ring is 1. The molecule has 3 N–H and O–H groups in total. The lowest BCUT2D eigenvalue weighted by Gasteiger charge is -2.08. The number of nitrogens with zero attached hydrogens (tertiary/aromatic N) is 4. The van der Waals surface area contributed by atoms with Gasteiger partial charge in [-0.3, -0.25) is 10.1 Å². The predicted octanol–water partition coefficient (Wildman–Crippen LogP) is 3.08. The minimum absolute atomic E-state index is 0.0214. The minimum atomic E-state index is -0.657. The molecule has 0 saturated carbocycles. The molecule has 29 heavy (non-hydrogen) atoms. The van der Waals surface area contributed by atoms with E-state index in [2.05, 4.69) is 20.3 Å². The van der Waals surface area contributed by atoms with Crippen molar-refractivity contribution in [1.82, 2.24) is 15.0 Å². The van der Waals surface area contributed by atoms with E-state index in [1.54, 1.807) is 6.92 Å². The number of aryl methyl sites for hydroxylation is 2. The van der Waals surface area contributed by atoms with Crippen LogP contribution in [0.4, 0.5) is 23.3 Å². The van der Waals surface area contributed by atoms with Crippen molar-refractivity contribution in [2.24, 2.45) is 0 Å². The number of carbonyl (C=O) groups excluding carboxylic acids is 1. The number of nitro groups is 1. The molecule has 0 spiro atoms. The van der Waals surface area contributed by atoms with Crippen LogP contribution < -0.4 is 11.1 Å². The molecule has 0 aliphatic rings. The van der Waals surface area contributed by atoms with Gasteiger partial charge < -0.3 is 15.8 Å². The van der Waals surface area contributed by atoms with E-state index in [0.29, 0.717) is 5.56 Å². The van der Waals surface area contributed by atoms with Gasteiger partial charge in [-0.05, 0) is 38.1 Å². The van der Waals surface area contributed by atoms with E-state index in [1.807, 2.05) is 31.2 Å². The Hall–Kier alpha value is -4.08. The molecule has 1 heterocycles. The topological polar surface area (TPSA) is 146 Å². The first-order valence-electron chi connectivity index (χ1n) is 8.58. The summed E-state index contributed by atoms with van der Waals surface area (Å²) in [6.45, 7) is 3.29. The molecule has 0 aliphatic heterocycles. The second kappa shape index (κ2) is 8.30. The molecule has 0 unspecified atom stereocenters. The van der Waals surface area contributed by atoms with E-state index < -0.39 is 10.9 Å². The van der Waals surface area contributed by atoms with Crippen LogP contribution in [0.25, 0.3) is 0 Å². The van der Waals surface area contributed by atoms with Crippen molar-refractivity contribution in [2.75, 3.05) is 11.1 Å². The van der Waals surface area contributed by atoms with Crippen molar-refractivity contribution < 1.29 is 14.5 Å². The van der Waals surface area contributed by atoms with Crippen molar-refractivity contribution in [1.29, 1.82) is 0 Å². The van der Waals surface area contributed by atoms with E-state index in [0.717, 1.165) is 11.3 Å². The highest BCUT2D eigenvalue weighted by molar-refractivity contribution is 5.90. The molecular weight excluding hydrogens is 376 g/mol. The number of anilines is 3. The highest BCUT2D eigenvalue weighted by atomic mass is 16.6. The molecule has 1 aromatic heterocycles. The fourth-order valence-corrected chi connectivity index (χ4v) is 2.53. The van der Waals surface area contributed by atoms with Crippen LogP contribution in [0.2, 0.25) is 0 Å². The van der Waals surface area contributed by atoms with Crippen molar-refractivity contribution in [2.45, 2.75) is 20.5 Å². The number of benzene rings is 2. The lowest BCUT2D eigenvalue weighted by molar-refractivity contribution is -0.385. The van der Waals surface area contributed by atoms with Gasteiger partial charge in [0, 0.05) is 17.3 Å². The van der Waals surface area contributed by atoms with Gasteiger partial charge in [0.1, 0.15) is 0 Å². The van der Waals surface area contributed by atoms with E-state index in [1.165, 1.54) is 18.2 Å². The summed E-state index contributed by atoms with van der Waals surface area (Å²) in [5.41, 5.74) is 8.07. The predicted molar refractivity (Wildman–Crippen MR) is 106 cm³/mol. The van der Waals surface area contributed by atoms with Crippen LogP contribution in [0.3, 0.4) is 0 Å². The number of hydrogen-bond donors (Lipinski definition) is 2. The first-order chi connectivity index (χ1) is 13.8. The van der Waals surface area contributed by atoms with Gasteiger partial charge in [0.25, 0.3) is 5.69 Å². The van der Waals surface area contributed by atoms with Gasteiger partial charge in [0.2, 0.25) is 11.9 Å². The zero-order valence-corrected chi connectivity index (χ0v) is 15.7. The third-order valence-electron chi connectivity index (χ3n) is 3.97. The molecule has 10 heteroatoms. The number of carbonyl (C=O) groups is 1. The average molecular weight is 394 g/mol. The summed E-state index contributed by atoms with van der Waals surface area (Å²) in [6, 6.07) is 11.6. The fraction of sp³-hybridized carbons (Fsp3) is 0.158. The minimum Gasteiger partial charge on any atom is -0.454 e. The van der Waals surface area contributed by atoms with Crippen LogP contribution in [0.5, 0.6) is 0 Å². The SMILES string of the molecule is Cc1ccc(Nc2nc(N)nc(COC(=O)c3ccc([N+](=O)[O-])c(C)c3)n2)cc1. The Kier molecular flexibility index (Phi) is 5.63. The first kappa shape index (κ1) is 19.7. The van der Waals surface area contributed by atoms with Crippen LogP contribution in [0, 0.1) is 24.0 Å². The number of esters is 1. The van der Waals surface area contributed by atoms with Crippen molar-refractivity contribution >= 4 is 29.2 Å². The third kappa shape index (κ3) is 5.01. The molecule has 0 amide bonds. The molecule has 0 aliphatic carbocycles. The van der Waals surface area contributed by atoms with Gasteiger partial charge >= 0.3 is 5.97 Å². The smallest absolute Gasteiger partial charge is 0.338 e. The van der Waals surface area contributed by atoms with Crippen molar-refractivity contribution in [3.05, 3.63) is 75.1 Å². The summed E-state index contributed by atoms with van der Waals surface area (Å²) in [5.74, 6) is -0.292. The lowest BCUT2D eigenvalue weighted by Crippen LogP contribution is -2.11. The highest BCUT2D eigenvalue weighted by Crippen LogP contribution is 2.20. The summed E-state index contributed by atoms with van der Waals surface area (Å²) in [6.07, 6.45) is 0. The third-order valence-corrected chi connectivity index (χ3v) is 3.97. The van der Waals surface area contributed by atoms with Gasteiger partial charge in [0.05, 0.1) is 10.5 Å². The number of aromatic nitrogens is 3. The molecule has 0 saturated heterocycles. The second-order valence-corrected chi connectivity index (χ2v) is 6.26. The first-order valence-corrected chi connectivity index (χ1v) is 8.58. The Morgan fingerprint density at radius 3 is 2.52 bits per heavy atom. The van der Waals surface area contributed by atoms with Gasteiger partial charge in [-0.25, -0.2) is 4.79 Å². The molecule has 0 radical (unpaired) electrons. The lowest BCUT2D eigenvalue weighted by atomic mass is 10.1. The van der Waals surface area contributed by atoms with E-state index in [-0.39, 0.29) is 35.6 Å². The quantitative estimate of drug-likeness (QED) is 0.366. The maximum Gasteiger partial charge on any atom is 0.338 e. The maximum absolute atomic E-state index is 12.2. The molecule has 3 rings (SSSR count).